The molecular weight excluding hydrogens is 378 g/mol. The summed E-state index contributed by atoms with van der Waals surface area (Å²) in [6, 6.07) is 13.0. The molecule has 11 heteroatoms. The second kappa shape index (κ2) is 8.19. The van der Waals surface area contributed by atoms with E-state index in [1.807, 2.05) is 0 Å². The highest BCUT2D eigenvalue weighted by Crippen LogP contribution is 2.25. The molecule has 3 aromatic rings. The topological polar surface area (TPSA) is 171 Å². The normalized spacial score (nSPS) is 12.1. The van der Waals surface area contributed by atoms with E-state index in [0.717, 1.165) is 5.56 Å². The molecule has 1 aromatic heterocycles. The maximum absolute atomic E-state index is 12.5. The summed E-state index contributed by atoms with van der Waals surface area (Å²) < 4.78 is 0. The van der Waals surface area contributed by atoms with Gasteiger partial charge in [-0.2, -0.15) is 5.10 Å². The zero-order chi connectivity index (χ0) is 21.0. The second-order valence-electron chi connectivity index (χ2n) is 6.00. The predicted molar refractivity (Wildman–Crippen MR) is 108 cm³/mol. The van der Waals surface area contributed by atoms with Gasteiger partial charge in [0.25, 0.3) is 11.6 Å². The summed E-state index contributed by atoms with van der Waals surface area (Å²) in [5.74, 6) is -0.674. The Morgan fingerprint density at radius 1 is 1.21 bits per heavy atom. The number of hydrogen-bond donors (Lipinski definition) is 5. The zero-order valence-electron chi connectivity index (χ0n) is 15.2. The Balaban J connectivity index is 1.77. The van der Waals surface area contributed by atoms with Crippen LogP contribution in [-0.4, -0.2) is 32.7 Å². The molecule has 29 heavy (non-hydrogen) atoms. The van der Waals surface area contributed by atoms with E-state index in [-0.39, 0.29) is 17.3 Å². The number of hydrogen-bond acceptors (Lipinski definition) is 6. The molecule has 1 heterocycles. The fraction of sp³-hybridized carbons (Fsp3) is 0.0556. The van der Waals surface area contributed by atoms with Gasteiger partial charge in [-0.25, -0.2) is 5.48 Å². The quantitative estimate of drug-likeness (QED) is 0.192. The van der Waals surface area contributed by atoms with Crippen molar-refractivity contribution in [3.05, 3.63) is 69.9 Å². The second-order valence-corrected chi connectivity index (χ2v) is 6.00. The van der Waals surface area contributed by atoms with Crippen molar-refractivity contribution in [1.29, 1.82) is 0 Å². The number of nitrogens with one attached hydrogen (secondary N) is 3. The number of carbonyl (C=O) groups excluding carboxylic acids is 1. The van der Waals surface area contributed by atoms with E-state index >= 15 is 0 Å². The number of rotatable bonds is 5. The maximum atomic E-state index is 12.5. The van der Waals surface area contributed by atoms with Crippen molar-refractivity contribution in [3.8, 4) is 0 Å². The highest BCUT2D eigenvalue weighted by molar-refractivity contribution is 6.07. The van der Waals surface area contributed by atoms with Gasteiger partial charge >= 0.3 is 0 Å². The Hall–Kier alpha value is -4.25. The Bertz CT molecular complexity index is 1130. The number of aromatic amines is 1. The summed E-state index contributed by atoms with van der Waals surface area (Å²) in [7, 11) is 0. The monoisotopic (exact) mass is 395 g/mol. The SMILES string of the molecule is C/C(=N/N=C(N)NO)c1ccc(NC(=O)c2cc3cccc([N+](=O)[O-])c3[nH]2)cc1. The summed E-state index contributed by atoms with van der Waals surface area (Å²) in [6.45, 7) is 1.71. The number of non-ortho nitro benzene ring substituents is 1. The van der Waals surface area contributed by atoms with Crippen LogP contribution in [0.1, 0.15) is 23.0 Å². The Kier molecular flexibility index (Phi) is 5.51. The number of H-pyrrole nitrogens is 1. The first-order valence-corrected chi connectivity index (χ1v) is 8.35. The van der Waals surface area contributed by atoms with Crippen molar-refractivity contribution in [2.75, 3.05) is 5.32 Å². The van der Waals surface area contributed by atoms with E-state index in [9.17, 15) is 14.9 Å². The number of guanidine groups is 1. The van der Waals surface area contributed by atoms with Gasteiger partial charge in [0.05, 0.1) is 10.6 Å². The first-order chi connectivity index (χ1) is 13.9. The molecule has 0 saturated carbocycles. The first kappa shape index (κ1) is 19.5. The summed E-state index contributed by atoms with van der Waals surface area (Å²) >= 11 is 0. The molecule has 0 aliphatic heterocycles. The molecule has 0 unspecified atom stereocenters. The van der Waals surface area contributed by atoms with Gasteiger partial charge < -0.3 is 16.0 Å². The number of aromatic nitrogens is 1. The van der Waals surface area contributed by atoms with E-state index in [0.29, 0.717) is 22.3 Å². The van der Waals surface area contributed by atoms with Crippen molar-refractivity contribution in [1.82, 2.24) is 10.5 Å². The van der Waals surface area contributed by atoms with Gasteiger partial charge in [-0.1, -0.05) is 24.3 Å². The van der Waals surface area contributed by atoms with Gasteiger partial charge in [-0.05, 0) is 30.7 Å². The summed E-state index contributed by atoms with van der Waals surface area (Å²) in [4.78, 5) is 25.9. The van der Waals surface area contributed by atoms with Crippen LogP contribution in [0.15, 0.2) is 58.7 Å². The molecule has 0 atom stereocenters. The van der Waals surface area contributed by atoms with Gasteiger partial charge in [-0.15, -0.1) is 5.10 Å². The fourth-order valence-electron chi connectivity index (χ4n) is 2.62. The molecule has 2 aromatic carbocycles. The van der Waals surface area contributed by atoms with E-state index < -0.39 is 10.8 Å². The van der Waals surface area contributed by atoms with Gasteiger partial charge in [0.2, 0.25) is 5.96 Å². The Labute approximate surface area is 164 Å². The lowest BCUT2D eigenvalue weighted by Crippen LogP contribution is -2.27. The van der Waals surface area contributed by atoms with Crippen LogP contribution in [-0.2, 0) is 0 Å². The fourth-order valence-corrected chi connectivity index (χ4v) is 2.62. The number of nitro groups is 1. The molecule has 0 saturated heterocycles. The van der Waals surface area contributed by atoms with Crippen LogP contribution in [0.4, 0.5) is 11.4 Å². The number of benzene rings is 2. The average molecular weight is 395 g/mol. The third-order valence-corrected chi connectivity index (χ3v) is 4.06. The third-order valence-electron chi connectivity index (χ3n) is 4.06. The number of amides is 1. The minimum Gasteiger partial charge on any atom is -0.367 e. The number of fused-ring (bicyclic) bond motifs is 1. The van der Waals surface area contributed by atoms with Crippen molar-refractivity contribution >= 4 is 39.9 Å². The minimum absolute atomic E-state index is 0.0969. The van der Waals surface area contributed by atoms with E-state index in [1.54, 1.807) is 54.9 Å². The third kappa shape index (κ3) is 4.36. The number of para-hydroxylation sites is 1. The van der Waals surface area contributed by atoms with Gasteiger partial charge in [0, 0.05) is 17.1 Å². The Morgan fingerprint density at radius 2 is 1.93 bits per heavy atom. The Morgan fingerprint density at radius 3 is 2.59 bits per heavy atom. The van der Waals surface area contributed by atoms with Gasteiger partial charge in [-0.3, -0.25) is 20.1 Å². The lowest BCUT2D eigenvalue weighted by Gasteiger charge is -2.05. The minimum atomic E-state index is -0.503. The lowest BCUT2D eigenvalue weighted by atomic mass is 10.1. The lowest BCUT2D eigenvalue weighted by molar-refractivity contribution is -0.383. The zero-order valence-corrected chi connectivity index (χ0v) is 15.2. The smallest absolute Gasteiger partial charge is 0.293 e. The predicted octanol–water partition coefficient (Wildman–Crippen LogP) is 2.35. The van der Waals surface area contributed by atoms with Crippen LogP contribution < -0.4 is 16.5 Å². The molecular formula is C18H17N7O4. The molecule has 148 valence electrons. The van der Waals surface area contributed by atoms with E-state index in [1.165, 1.54) is 6.07 Å². The first-order valence-electron chi connectivity index (χ1n) is 8.35. The standard InChI is InChI=1S/C18H17N7O4/c1-10(22-23-18(19)24-27)11-5-7-13(8-6-11)20-17(26)14-9-12-3-2-4-15(25(28)29)16(12)21-14/h2-9,21,27H,1H3,(H,20,26)(H3,19,23,24)/b22-10-. The summed E-state index contributed by atoms with van der Waals surface area (Å²) in [6.07, 6.45) is 0. The molecule has 3 rings (SSSR count). The highest BCUT2D eigenvalue weighted by Gasteiger charge is 2.17. The van der Waals surface area contributed by atoms with Crippen LogP contribution in [0.5, 0.6) is 0 Å². The largest absolute Gasteiger partial charge is 0.367 e. The molecule has 6 N–H and O–H groups in total. The molecule has 0 aliphatic rings. The molecule has 0 radical (unpaired) electrons. The van der Waals surface area contributed by atoms with Crippen LogP contribution >= 0.6 is 0 Å². The summed E-state index contributed by atoms with van der Waals surface area (Å²) in [5.41, 5.74) is 9.16. The molecule has 0 fully saturated rings. The number of carbonyl (C=O) groups is 1. The number of nitrogens with two attached hydrogens (primary N) is 1. The maximum Gasteiger partial charge on any atom is 0.293 e. The van der Waals surface area contributed by atoms with Crippen LogP contribution in [0, 0.1) is 10.1 Å². The number of nitro benzene ring substituents is 1. The van der Waals surface area contributed by atoms with Crippen molar-refractivity contribution < 1.29 is 14.9 Å². The van der Waals surface area contributed by atoms with E-state index in [4.69, 9.17) is 10.9 Å². The number of nitrogens with zero attached hydrogens (tertiary/aromatic N) is 3. The average Bonchev–Trinajstić information content (AvgIpc) is 3.16. The van der Waals surface area contributed by atoms with Crippen molar-refractivity contribution in [2.24, 2.45) is 15.9 Å². The highest BCUT2D eigenvalue weighted by atomic mass is 16.6. The summed E-state index contributed by atoms with van der Waals surface area (Å²) in [5, 5.41) is 30.4. The number of anilines is 1. The van der Waals surface area contributed by atoms with Gasteiger partial charge in [0.1, 0.15) is 11.2 Å². The number of hydroxylamine groups is 1. The molecule has 0 bridgehead atoms. The molecule has 0 aliphatic carbocycles. The molecule has 1 amide bonds. The van der Waals surface area contributed by atoms with Crippen LogP contribution in [0.2, 0.25) is 0 Å². The van der Waals surface area contributed by atoms with Crippen molar-refractivity contribution in [3.63, 3.8) is 0 Å². The van der Waals surface area contributed by atoms with Crippen LogP contribution in [0.25, 0.3) is 10.9 Å². The van der Waals surface area contributed by atoms with Crippen LogP contribution in [0.3, 0.4) is 0 Å². The molecule has 11 nitrogen and oxygen atoms in total. The van der Waals surface area contributed by atoms with E-state index in [2.05, 4.69) is 20.5 Å². The van der Waals surface area contributed by atoms with Crippen molar-refractivity contribution in [2.45, 2.75) is 6.92 Å². The van der Waals surface area contributed by atoms with Gasteiger partial charge in [0.15, 0.2) is 0 Å². The molecule has 0 spiro atoms.